The molecule has 1 aromatic rings. The molecule has 2 rings (SSSR count). The average molecular weight is 330 g/mol. The predicted molar refractivity (Wildman–Crippen MR) is 68.8 cm³/mol. The van der Waals surface area contributed by atoms with Crippen LogP contribution in [0, 0.1) is 5.82 Å². The Morgan fingerprint density at radius 1 is 1.29 bits per heavy atom. The molecule has 8 heteroatoms. The monoisotopic (exact) mass is 330 g/mol. The van der Waals surface area contributed by atoms with Gasteiger partial charge in [-0.2, -0.15) is 0 Å². The molecule has 21 heavy (non-hydrogen) atoms. The first-order chi connectivity index (χ1) is 9.47. The van der Waals surface area contributed by atoms with Gasteiger partial charge in [-0.15, -0.1) is 0 Å². The molecule has 0 aliphatic carbocycles. The van der Waals surface area contributed by atoms with Gasteiger partial charge in [0.05, 0.1) is 18.5 Å². The molecule has 1 saturated heterocycles. The summed E-state index contributed by atoms with van der Waals surface area (Å²) in [6.45, 7) is -4.33. The van der Waals surface area contributed by atoms with Gasteiger partial charge in [0.2, 0.25) is 0 Å². The molecular weight excluding hydrogens is 314 g/mol. The van der Waals surface area contributed by atoms with Crippen LogP contribution in [0.15, 0.2) is 18.2 Å². The van der Waals surface area contributed by atoms with Crippen LogP contribution >= 0.6 is 0 Å². The molecule has 0 aromatic heterocycles. The van der Waals surface area contributed by atoms with Gasteiger partial charge in [-0.05, 0) is 31.7 Å². The Labute approximate surface area is 164 Å². The van der Waals surface area contributed by atoms with Crippen LogP contribution in [0.3, 0.4) is 0 Å². The molecule has 0 bridgehead atoms. The molecule has 0 N–H and O–H groups in total. The fraction of sp³-hybridized carbons (Fsp3) is 0.538. The fourth-order valence-electron chi connectivity index (χ4n) is 2.27. The van der Waals surface area contributed by atoms with Crippen molar-refractivity contribution in [2.45, 2.75) is 31.8 Å². The van der Waals surface area contributed by atoms with E-state index in [1.165, 1.54) is 0 Å². The molecule has 1 unspecified atom stereocenters. The molecule has 0 amide bonds. The van der Waals surface area contributed by atoms with Crippen molar-refractivity contribution in [3.63, 3.8) is 0 Å². The molecule has 1 aliphatic heterocycles. The van der Waals surface area contributed by atoms with E-state index in [0.29, 0.717) is 6.42 Å². The van der Waals surface area contributed by atoms with Crippen molar-refractivity contribution in [1.82, 2.24) is 0 Å². The van der Waals surface area contributed by atoms with Crippen molar-refractivity contribution in [2.75, 3.05) is 13.2 Å². The zero-order valence-corrected chi connectivity index (χ0v) is 15.1. The van der Waals surface area contributed by atoms with Gasteiger partial charge in [0.1, 0.15) is 5.82 Å². The minimum atomic E-state index is -5.20. The third-order valence-corrected chi connectivity index (χ3v) is 3.28. The Balaban J connectivity index is 0.00000220. The van der Waals surface area contributed by atoms with Crippen molar-refractivity contribution < 1.29 is 78.2 Å². The molecule has 1 atom stereocenters. The second-order valence-corrected chi connectivity index (χ2v) is 4.88. The zero-order chi connectivity index (χ0) is 14.6. The number of hydrogen-bond donors (Lipinski definition) is 0. The minimum absolute atomic E-state index is 0. The van der Waals surface area contributed by atoms with E-state index in [1.54, 1.807) is 0 Å². The SMILES string of the molecule is Fc1ccc([B-](F)(F)F)c(OCCCC2CCCO2)c1.[K+]. The maximum Gasteiger partial charge on any atom is 1.00 e. The first kappa shape index (κ1) is 19.4. The maximum absolute atomic E-state index is 13.0. The second kappa shape index (κ2) is 8.88. The van der Waals surface area contributed by atoms with Gasteiger partial charge in [0.15, 0.2) is 0 Å². The fourth-order valence-corrected chi connectivity index (χ4v) is 2.27. The summed E-state index contributed by atoms with van der Waals surface area (Å²) in [7, 11) is 0. The van der Waals surface area contributed by atoms with E-state index in [4.69, 9.17) is 9.47 Å². The van der Waals surface area contributed by atoms with Gasteiger partial charge in [0.25, 0.3) is 0 Å². The van der Waals surface area contributed by atoms with Crippen LogP contribution in [-0.2, 0) is 4.74 Å². The number of halogens is 4. The van der Waals surface area contributed by atoms with E-state index >= 15 is 0 Å². The van der Waals surface area contributed by atoms with Crippen LogP contribution in [0.1, 0.15) is 25.7 Å². The summed E-state index contributed by atoms with van der Waals surface area (Å²) in [6.07, 6.45) is 3.53. The van der Waals surface area contributed by atoms with Gasteiger partial charge in [-0.1, -0.05) is 11.5 Å². The van der Waals surface area contributed by atoms with Gasteiger partial charge >= 0.3 is 58.4 Å². The smallest absolute Gasteiger partial charge is 0.496 e. The van der Waals surface area contributed by atoms with E-state index < -0.39 is 24.0 Å². The van der Waals surface area contributed by atoms with Crippen LogP contribution in [0.25, 0.3) is 0 Å². The van der Waals surface area contributed by atoms with Crippen LogP contribution in [0.5, 0.6) is 5.75 Å². The summed E-state index contributed by atoms with van der Waals surface area (Å²) in [4.78, 5) is 0. The standard InChI is InChI=1S/C13H16BF4O2.K/c15-10-5-6-12(14(16,17)18)13(9-10)20-8-2-4-11-3-1-7-19-11;/h5-6,9,11H,1-4,7-8H2;/q-1;+1. The molecule has 0 spiro atoms. The molecule has 1 aromatic carbocycles. The third-order valence-electron chi connectivity index (χ3n) is 3.28. The molecule has 112 valence electrons. The molecule has 1 heterocycles. The first-order valence-corrected chi connectivity index (χ1v) is 6.70. The summed E-state index contributed by atoms with van der Waals surface area (Å²) in [5.41, 5.74) is -0.886. The molecule has 0 radical (unpaired) electrons. The van der Waals surface area contributed by atoms with Gasteiger partial charge in [0, 0.05) is 12.7 Å². The van der Waals surface area contributed by atoms with Crippen molar-refractivity contribution in [3.8, 4) is 5.75 Å². The number of hydrogen-bond acceptors (Lipinski definition) is 2. The van der Waals surface area contributed by atoms with Crippen molar-refractivity contribution >= 4 is 12.4 Å². The number of rotatable bonds is 6. The summed E-state index contributed by atoms with van der Waals surface area (Å²) in [6, 6.07) is 2.31. The van der Waals surface area contributed by atoms with E-state index in [9.17, 15) is 17.3 Å². The third kappa shape index (κ3) is 6.19. The van der Waals surface area contributed by atoms with Gasteiger partial charge in [-0.25, -0.2) is 4.39 Å². The van der Waals surface area contributed by atoms with E-state index in [-0.39, 0.29) is 64.1 Å². The molecule has 1 aliphatic rings. The largest absolute Gasteiger partial charge is 1.00 e. The maximum atomic E-state index is 13.0. The Morgan fingerprint density at radius 2 is 2.05 bits per heavy atom. The Bertz CT molecular complexity index is 450. The van der Waals surface area contributed by atoms with E-state index in [2.05, 4.69) is 0 Å². The molecule has 1 fully saturated rings. The van der Waals surface area contributed by atoms with Crippen molar-refractivity contribution in [3.05, 3.63) is 24.0 Å². The average Bonchev–Trinajstić information content (AvgIpc) is 2.86. The quantitative estimate of drug-likeness (QED) is 0.422. The molecule has 0 saturated carbocycles. The zero-order valence-electron chi connectivity index (χ0n) is 12.0. The normalized spacial score (nSPS) is 18.4. The summed E-state index contributed by atoms with van der Waals surface area (Å²) >= 11 is 0. The van der Waals surface area contributed by atoms with Gasteiger partial charge < -0.3 is 22.4 Å². The van der Waals surface area contributed by atoms with Crippen LogP contribution in [0.2, 0.25) is 0 Å². The van der Waals surface area contributed by atoms with E-state index in [1.807, 2.05) is 0 Å². The minimum Gasteiger partial charge on any atom is -0.496 e. The summed E-state index contributed by atoms with van der Waals surface area (Å²) < 4.78 is 61.9. The second-order valence-electron chi connectivity index (χ2n) is 4.88. The number of benzene rings is 1. The first-order valence-electron chi connectivity index (χ1n) is 6.70. The molecule has 2 nitrogen and oxygen atoms in total. The Kier molecular flexibility index (Phi) is 8.23. The van der Waals surface area contributed by atoms with Gasteiger partial charge in [-0.3, -0.25) is 0 Å². The van der Waals surface area contributed by atoms with Crippen LogP contribution < -0.4 is 61.6 Å². The Morgan fingerprint density at radius 3 is 2.67 bits per heavy atom. The predicted octanol–water partition coefficient (Wildman–Crippen LogP) is 0.222. The number of ether oxygens (including phenoxy) is 2. The van der Waals surface area contributed by atoms with Crippen molar-refractivity contribution in [2.24, 2.45) is 0 Å². The van der Waals surface area contributed by atoms with E-state index in [0.717, 1.165) is 44.1 Å². The topological polar surface area (TPSA) is 18.5 Å². The van der Waals surface area contributed by atoms with Crippen LogP contribution in [-0.4, -0.2) is 26.3 Å². The summed E-state index contributed by atoms with van der Waals surface area (Å²) in [5, 5.41) is 0. The molecular formula is C13H16BF4KO2. The summed E-state index contributed by atoms with van der Waals surface area (Å²) in [5.74, 6) is -1.16. The van der Waals surface area contributed by atoms with Crippen molar-refractivity contribution in [1.29, 1.82) is 0 Å². The Hall–Kier alpha value is 0.401. The van der Waals surface area contributed by atoms with Crippen LogP contribution in [0.4, 0.5) is 17.3 Å².